The molecule has 1 saturated carbocycles. The van der Waals surface area contributed by atoms with Gasteiger partial charge in [-0.3, -0.25) is 0 Å². The van der Waals surface area contributed by atoms with Crippen LogP contribution in [0, 0.1) is 11.8 Å². The van der Waals surface area contributed by atoms with Crippen LogP contribution in [0.3, 0.4) is 0 Å². The van der Waals surface area contributed by atoms with Crippen LogP contribution in [0.1, 0.15) is 25.3 Å². The highest BCUT2D eigenvalue weighted by atomic mass is 16.8. The summed E-state index contributed by atoms with van der Waals surface area (Å²) in [5.74, 6) is -3.40. The molecule has 0 amide bonds. The van der Waals surface area contributed by atoms with Crippen molar-refractivity contribution in [2.45, 2.75) is 62.4 Å². The SMILES string of the molecule is C[C@]1(O)CC[C@@H]2C(C(=O)O)=CO[C@@H](O[C@@H]3O[C@H](CO)[C@@H](O)[C@H](O)[C@H]3OC(=O)C=Cc3ccccc3)[C@@H]21. The molecule has 9 atom stereocenters. The van der Waals surface area contributed by atoms with Gasteiger partial charge in [0.05, 0.1) is 30.0 Å². The Bertz CT molecular complexity index is 1000. The molecule has 1 aromatic rings. The maximum absolute atomic E-state index is 12.5. The van der Waals surface area contributed by atoms with E-state index in [0.717, 1.165) is 17.9 Å². The van der Waals surface area contributed by atoms with Crippen molar-refractivity contribution in [3.63, 3.8) is 0 Å². The summed E-state index contributed by atoms with van der Waals surface area (Å²) in [7, 11) is 0. The first kappa shape index (κ1) is 26.3. The summed E-state index contributed by atoms with van der Waals surface area (Å²) in [4.78, 5) is 24.2. The summed E-state index contributed by atoms with van der Waals surface area (Å²) in [6.45, 7) is 0.885. The largest absolute Gasteiger partial charge is 0.478 e. The second-order valence-electron chi connectivity index (χ2n) is 9.40. The Labute approximate surface area is 207 Å². The number of aliphatic hydroxyl groups is 4. The van der Waals surface area contributed by atoms with E-state index in [1.165, 1.54) is 6.08 Å². The highest BCUT2D eigenvalue weighted by molar-refractivity contribution is 5.87. The first-order valence-electron chi connectivity index (χ1n) is 11.6. The summed E-state index contributed by atoms with van der Waals surface area (Å²) >= 11 is 0. The molecule has 0 radical (unpaired) electrons. The molecule has 0 spiro atoms. The predicted octanol–water partition coefficient (Wildman–Crippen LogP) is 0.169. The molecular weight excluding hydrogens is 476 g/mol. The van der Waals surface area contributed by atoms with Gasteiger partial charge in [0.1, 0.15) is 18.3 Å². The van der Waals surface area contributed by atoms with E-state index in [0.29, 0.717) is 12.8 Å². The van der Waals surface area contributed by atoms with Gasteiger partial charge in [-0.05, 0) is 31.4 Å². The minimum absolute atomic E-state index is 0.0000869. The number of ether oxygens (including phenoxy) is 4. The van der Waals surface area contributed by atoms with Gasteiger partial charge in [0.15, 0.2) is 6.10 Å². The second-order valence-corrected chi connectivity index (χ2v) is 9.40. The molecule has 0 aromatic heterocycles. The lowest BCUT2D eigenvalue weighted by atomic mass is 9.81. The lowest BCUT2D eigenvalue weighted by Gasteiger charge is -2.44. The van der Waals surface area contributed by atoms with Crippen LogP contribution in [0.4, 0.5) is 0 Å². The van der Waals surface area contributed by atoms with E-state index < -0.39 is 73.0 Å². The van der Waals surface area contributed by atoms with Crippen molar-refractivity contribution >= 4 is 18.0 Å². The fourth-order valence-corrected chi connectivity index (χ4v) is 5.02. The number of esters is 1. The van der Waals surface area contributed by atoms with E-state index in [1.807, 2.05) is 6.07 Å². The average molecular weight is 507 g/mol. The first-order valence-corrected chi connectivity index (χ1v) is 11.6. The number of fused-ring (bicyclic) bond motifs is 1. The molecule has 2 heterocycles. The Balaban J connectivity index is 1.55. The number of carbonyl (C=O) groups is 2. The van der Waals surface area contributed by atoms with Crippen LogP contribution in [-0.2, 0) is 28.5 Å². The molecule has 0 bridgehead atoms. The normalized spacial score (nSPS) is 38.2. The zero-order valence-electron chi connectivity index (χ0n) is 19.5. The molecule has 1 aromatic carbocycles. The minimum atomic E-state index is -1.68. The maximum atomic E-state index is 12.5. The zero-order valence-corrected chi connectivity index (χ0v) is 19.5. The topological polar surface area (TPSA) is 172 Å². The van der Waals surface area contributed by atoms with Crippen molar-refractivity contribution in [3.8, 4) is 0 Å². The van der Waals surface area contributed by atoms with E-state index in [1.54, 1.807) is 31.2 Å². The van der Waals surface area contributed by atoms with E-state index >= 15 is 0 Å². The molecule has 1 aliphatic carbocycles. The molecule has 3 aliphatic rings. The Morgan fingerprint density at radius 3 is 2.56 bits per heavy atom. The average Bonchev–Trinajstić information content (AvgIpc) is 3.18. The zero-order chi connectivity index (χ0) is 26.0. The minimum Gasteiger partial charge on any atom is -0.478 e. The van der Waals surface area contributed by atoms with Crippen molar-refractivity contribution in [2.75, 3.05) is 6.61 Å². The van der Waals surface area contributed by atoms with Crippen molar-refractivity contribution in [1.82, 2.24) is 0 Å². The molecular formula is C25H30O11. The summed E-state index contributed by atoms with van der Waals surface area (Å²) in [5, 5.41) is 51.1. The van der Waals surface area contributed by atoms with Crippen molar-refractivity contribution in [3.05, 3.63) is 53.8 Å². The van der Waals surface area contributed by atoms with Crippen LogP contribution in [0.2, 0.25) is 0 Å². The van der Waals surface area contributed by atoms with Crippen LogP contribution in [-0.4, -0.2) is 86.7 Å². The Kier molecular flexibility index (Phi) is 7.79. The number of carbonyl (C=O) groups excluding carboxylic acids is 1. The predicted molar refractivity (Wildman–Crippen MR) is 122 cm³/mol. The van der Waals surface area contributed by atoms with Gasteiger partial charge < -0.3 is 44.5 Å². The summed E-state index contributed by atoms with van der Waals surface area (Å²) in [6, 6.07) is 8.94. The lowest BCUT2D eigenvalue weighted by Crippen LogP contribution is -2.61. The quantitative estimate of drug-likeness (QED) is 0.252. The molecule has 5 N–H and O–H groups in total. The van der Waals surface area contributed by atoms with E-state index in [4.69, 9.17) is 18.9 Å². The number of aliphatic hydroxyl groups excluding tert-OH is 3. The first-order chi connectivity index (χ1) is 17.1. The van der Waals surface area contributed by atoms with Gasteiger partial charge in [-0.15, -0.1) is 0 Å². The van der Waals surface area contributed by atoms with Crippen molar-refractivity contribution in [1.29, 1.82) is 0 Å². The van der Waals surface area contributed by atoms with Gasteiger partial charge in [0, 0.05) is 12.0 Å². The number of rotatable bonds is 7. The third-order valence-corrected chi connectivity index (χ3v) is 6.94. The highest BCUT2D eigenvalue weighted by Gasteiger charge is 2.56. The van der Waals surface area contributed by atoms with Crippen LogP contribution < -0.4 is 0 Å². The molecule has 2 fully saturated rings. The van der Waals surface area contributed by atoms with E-state index in [-0.39, 0.29) is 5.57 Å². The Morgan fingerprint density at radius 2 is 1.89 bits per heavy atom. The number of aliphatic carboxylic acids is 1. The van der Waals surface area contributed by atoms with Gasteiger partial charge in [-0.1, -0.05) is 30.3 Å². The monoisotopic (exact) mass is 506 g/mol. The van der Waals surface area contributed by atoms with E-state index in [9.17, 15) is 35.1 Å². The summed E-state index contributed by atoms with van der Waals surface area (Å²) < 4.78 is 22.4. The van der Waals surface area contributed by atoms with E-state index in [2.05, 4.69) is 0 Å². The summed E-state index contributed by atoms with van der Waals surface area (Å²) in [6.07, 6.45) is -4.38. The molecule has 196 valence electrons. The van der Waals surface area contributed by atoms with Crippen LogP contribution >= 0.6 is 0 Å². The smallest absolute Gasteiger partial charge is 0.334 e. The van der Waals surface area contributed by atoms with Crippen LogP contribution in [0.15, 0.2) is 48.2 Å². The third kappa shape index (κ3) is 5.31. The maximum Gasteiger partial charge on any atom is 0.334 e. The number of carboxylic acids is 1. The second kappa shape index (κ2) is 10.7. The molecule has 2 aliphatic heterocycles. The summed E-state index contributed by atoms with van der Waals surface area (Å²) in [5.41, 5.74) is -0.605. The van der Waals surface area contributed by atoms with Gasteiger partial charge in [0.2, 0.25) is 12.6 Å². The molecule has 0 unspecified atom stereocenters. The van der Waals surface area contributed by atoms with Gasteiger partial charge in [0.25, 0.3) is 0 Å². The molecule has 1 saturated heterocycles. The molecule has 11 heteroatoms. The van der Waals surface area contributed by atoms with Crippen molar-refractivity contribution in [2.24, 2.45) is 11.8 Å². The number of hydrogen-bond donors (Lipinski definition) is 5. The van der Waals surface area contributed by atoms with Gasteiger partial charge >= 0.3 is 11.9 Å². The fourth-order valence-electron chi connectivity index (χ4n) is 5.02. The number of benzene rings is 1. The fraction of sp³-hybridized carbons (Fsp3) is 0.520. The lowest BCUT2D eigenvalue weighted by molar-refractivity contribution is -0.346. The Morgan fingerprint density at radius 1 is 1.17 bits per heavy atom. The van der Waals surface area contributed by atoms with Crippen LogP contribution in [0.5, 0.6) is 0 Å². The molecule has 36 heavy (non-hydrogen) atoms. The Hall–Kier alpha value is -2.80. The van der Waals surface area contributed by atoms with Crippen LogP contribution in [0.25, 0.3) is 6.08 Å². The van der Waals surface area contributed by atoms with Gasteiger partial charge in [-0.25, -0.2) is 9.59 Å². The highest BCUT2D eigenvalue weighted by Crippen LogP contribution is 2.49. The number of carboxylic acid groups (broad SMARTS) is 1. The van der Waals surface area contributed by atoms with Gasteiger partial charge in [-0.2, -0.15) is 0 Å². The third-order valence-electron chi connectivity index (χ3n) is 6.94. The van der Waals surface area contributed by atoms with Crippen molar-refractivity contribution < 1.29 is 54.1 Å². The molecule has 4 rings (SSSR count). The standard InChI is InChI=1S/C25H30O11/c1-25(32)10-9-14-15(22(30)31)12-33-23(18(14)25)36-24-21(20(29)19(28)16(11-26)34-24)35-17(27)8-7-13-5-3-2-4-6-13/h2-8,12,14,16,18-21,23-24,26,28-29,32H,9-11H2,1H3,(H,30,31)/t14-,16-,18-,19-,20+,21-,23+,24+,25+/m1/s1. The number of hydrogen-bond acceptors (Lipinski definition) is 10. The molecule has 11 nitrogen and oxygen atoms in total.